The maximum Gasteiger partial charge on any atom is 0.197 e. The molecule has 0 radical (unpaired) electrons. The molecule has 0 saturated carbocycles. The van der Waals surface area contributed by atoms with Crippen LogP contribution in [0, 0.1) is 17.1 Å². The topological polar surface area (TPSA) is 119 Å². The number of ketones is 1. The van der Waals surface area contributed by atoms with Crippen molar-refractivity contribution in [2.75, 3.05) is 6.54 Å². The highest BCUT2D eigenvalue weighted by Gasteiger charge is 2.21. The van der Waals surface area contributed by atoms with Crippen LogP contribution in [0.1, 0.15) is 33.6 Å². The Morgan fingerprint density at radius 3 is 2.83 bits per heavy atom. The van der Waals surface area contributed by atoms with E-state index in [2.05, 4.69) is 14.7 Å². The summed E-state index contributed by atoms with van der Waals surface area (Å²) in [5.74, 6) is -1.39. The van der Waals surface area contributed by atoms with Gasteiger partial charge in [0.05, 0.1) is 27.8 Å². The van der Waals surface area contributed by atoms with Crippen LogP contribution in [0.2, 0.25) is 5.02 Å². The highest BCUT2D eigenvalue weighted by Crippen LogP contribution is 2.28. The van der Waals surface area contributed by atoms with Gasteiger partial charge in [0.1, 0.15) is 11.9 Å². The molecule has 0 aliphatic rings. The molecule has 0 bridgehead atoms. The van der Waals surface area contributed by atoms with Crippen molar-refractivity contribution in [1.29, 1.82) is 5.26 Å². The van der Waals surface area contributed by atoms with E-state index in [1.165, 1.54) is 24.4 Å². The number of nitrogens with one attached hydrogen (secondary N) is 1. The number of rotatable bonds is 7. The first kappa shape index (κ1) is 21.0. The van der Waals surface area contributed by atoms with Crippen molar-refractivity contribution in [1.82, 2.24) is 14.7 Å². The number of carbonyl (C=O) groups excluding carboxylic acids is 1. The highest BCUT2D eigenvalue weighted by atomic mass is 35.5. The quantitative estimate of drug-likeness (QED) is 0.349. The van der Waals surface area contributed by atoms with E-state index in [1.807, 2.05) is 6.07 Å². The van der Waals surface area contributed by atoms with Crippen molar-refractivity contribution < 1.29 is 17.9 Å². The van der Waals surface area contributed by atoms with Crippen LogP contribution in [0.3, 0.4) is 0 Å². The number of hydrogen-bond acceptors (Lipinski definition) is 6. The first-order valence-electron chi connectivity index (χ1n) is 8.42. The average Bonchev–Trinajstić information content (AvgIpc) is 2.71. The van der Waals surface area contributed by atoms with Gasteiger partial charge in [-0.2, -0.15) is 5.26 Å². The molecule has 0 saturated heterocycles. The van der Waals surface area contributed by atoms with Gasteiger partial charge in [-0.05, 0) is 42.7 Å². The van der Waals surface area contributed by atoms with Gasteiger partial charge in [-0.15, -0.1) is 0 Å². The predicted molar refractivity (Wildman–Crippen MR) is 104 cm³/mol. The van der Waals surface area contributed by atoms with Crippen LogP contribution in [0.25, 0.3) is 11.0 Å². The summed E-state index contributed by atoms with van der Waals surface area (Å²) in [6, 6.07) is 8.97. The zero-order valence-electron chi connectivity index (χ0n) is 14.8. The van der Waals surface area contributed by atoms with Gasteiger partial charge in [0.2, 0.25) is 0 Å². The van der Waals surface area contributed by atoms with Crippen molar-refractivity contribution in [2.24, 2.45) is 0 Å². The summed E-state index contributed by atoms with van der Waals surface area (Å²) in [7, 11) is 0. The van der Waals surface area contributed by atoms with Crippen molar-refractivity contribution in [3.8, 4) is 6.07 Å². The minimum Gasteiger partial charge on any atom is -0.760 e. The molecule has 0 aliphatic heterocycles. The number of halogens is 2. The lowest BCUT2D eigenvalue weighted by Crippen LogP contribution is -2.18. The second kappa shape index (κ2) is 9.15. The van der Waals surface area contributed by atoms with E-state index in [9.17, 15) is 17.9 Å². The molecule has 1 unspecified atom stereocenters. The summed E-state index contributed by atoms with van der Waals surface area (Å²) >= 11 is 3.93. The normalized spacial score (nSPS) is 11.9. The standard InChI is InChI=1S/C19H14ClFN4O3S/c20-18-11(2-1-7-24-29(27)28)3-5-14(21)17(18)19(26)12-4-6-15-16(8-12)25-13(9-22)10-23-15/h3-6,8,10,24H,1-2,7H2,(H,27,28)/p-1. The largest absolute Gasteiger partial charge is 0.760 e. The Morgan fingerprint density at radius 2 is 2.10 bits per heavy atom. The molecule has 1 atom stereocenters. The number of hydrogen-bond donors (Lipinski definition) is 1. The number of nitrogens with zero attached hydrogens (tertiary/aromatic N) is 3. The summed E-state index contributed by atoms with van der Waals surface area (Å²) in [5, 5.41) is 8.93. The smallest absolute Gasteiger partial charge is 0.197 e. The van der Waals surface area contributed by atoms with Crippen LogP contribution >= 0.6 is 11.6 Å². The van der Waals surface area contributed by atoms with Gasteiger partial charge in [0.15, 0.2) is 11.5 Å². The molecule has 3 rings (SSSR count). The molecule has 29 heavy (non-hydrogen) atoms. The maximum absolute atomic E-state index is 14.4. The SMILES string of the molecule is N#Cc1cnc2ccc(C(=O)c3c(F)ccc(CCCNS(=O)[O-])c3Cl)cc2n1. The van der Waals surface area contributed by atoms with Gasteiger partial charge >= 0.3 is 0 Å². The molecule has 0 aliphatic carbocycles. The number of nitriles is 1. The minimum absolute atomic E-state index is 0.0183. The van der Waals surface area contributed by atoms with Crippen molar-refractivity contribution in [3.05, 3.63) is 69.8 Å². The monoisotopic (exact) mass is 431 g/mol. The van der Waals surface area contributed by atoms with E-state index in [-0.39, 0.29) is 28.4 Å². The van der Waals surface area contributed by atoms with E-state index < -0.39 is 22.9 Å². The summed E-state index contributed by atoms with van der Waals surface area (Å²) in [6.07, 6.45) is 2.11. The van der Waals surface area contributed by atoms with E-state index >= 15 is 0 Å². The number of aryl methyl sites for hydroxylation is 1. The zero-order chi connectivity index (χ0) is 21.0. The molecule has 10 heteroatoms. The van der Waals surface area contributed by atoms with Gasteiger partial charge < -0.3 is 4.55 Å². The Kier molecular flexibility index (Phi) is 6.61. The maximum atomic E-state index is 14.4. The highest BCUT2D eigenvalue weighted by molar-refractivity contribution is 7.77. The Balaban J connectivity index is 1.92. The first-order chi connectivity index (χ1) is 13.9. The van der Waals surface area contributed by atoms with Gasteiger partial charge in [-0.1, -0.05) is 17.7 Å². The van der Waals surface area contributed by atoms with E-state index in [0.29, 0.717) is 29.4 Å². The molecule has 0 amide bonds. The van der Waals surface area contributed by atoms with Crippen LogP contribution in [0.4, 0.5) is 4.39 Å². The molecule has 1 N–H and O–H groups in total. The summed E-state index contributed by atoms with van der Waals surface area (Å²) < 4.78 is 37.7. The third-order valence-corrected chi connectivity index (χ3v) is 5.03. The molecule has 2 aromatic carbocycles. The molecule has 1 aromatic heterocycles. The number of aromatic nitrogens is 2. The van der Waals surface area contributed by atoms with E-state index in [4.69, 9.17) is 16.9 Å². The molecule has 148 valence electrons. The fraction of sp³-hybridized carbons (Fsp3) is 0.158. The summed E-state index contributed by atoms with van der Waals surface area (Å²) in [6.45, 7) is 0.192. The van der Waals surface area contributed by atoms with Crippen LogP contribution in [-0.2, 0) is 17.7 Å². The van der Waals surface area contributed by atoms with Crippen LogP contribution in [0.5, 0.6) is 0 Å². The third kappa shape index (κ3) is 4.81. The lowest BCUT2D eigenvalue weighted by Gasteiger charge is -2.11. The zero-order valence-corrected chi connectivity index (χ0v) is 16.4. The van der Waals surface area contributed by atoms with Gasteiger partial charge in [-0.3, -0.25) is 14.0 Å². The van der Waals surface area contributed by atoms with Gasteiger partial charge in [0.25, 0.3) is 0 Å². The molecule has 7 nitrogen and oxygen atoms in total. The molecular formula is C19H13ClFN4O3S-. The van der Waals surface area contributed by atoms with Crippen molar-refractivity contribution in [2.45, 2.75) is 12.8 Å². The lowest BCUT2D eigenvalue weighted by molar-refractivity contribution is 0.103. The fourth-order valence-electron chi connectivity index (χ4n) is 2.78. The Bertz CT molecular complexity index is 1170. The Morgan fingerprint density at radius 1 is 1.31 bits per heavy atom. The Labute approximate surface area is 173 Å². The van der Waals surface area contributed by atoms with Gasteiger partial charge in [-0.25, -0.2) is 14.1 Å². The van der Waals surface area contributed by atoms with Crippen LogP contribution < -0.4 is 4.72 Å². The molecule has 3 aromatic rings. The second-order valence-electron chi connectivity index (χ2n) is 6.03. The van der Waals surface area contributed by atoms with Crippen LogP contribution in [-0.4, -0.2) is 31.1 Å². The van der Waals surface area contributed by atoms with E-state index in [1.54, 1.807) is 6.07 Å². The number of carbonyl (C=O) groups is 1. The van der Waals surface area contributed by atoms with Crippen molar-refractivity contribution >= 4 is 39.7 Å². The number of benzene rings is 2. The molecule has 1 heterocycles. The minimum atomic E-state index is -2.36. The predicted octanol–water partition coefficient (Wildman–Crippen LogP) is 2.84. The first-order valence-corrected chi connectivity index (χ1v) is 9.87. The van der Waals surface area contributed by atoms with Gasteiger partial charge in [0, 0.05) is 23.4 Å². The lowest BCUT2D eigenvalue weighted by atomic mass is 9.98. The second-order valence-corrected chi connectivity index (χ2v) is 7.16. The molecule has 0 fully saturated rings. The third-order valence-electron chi connectivity index (χ3n) is 4.16. The van der Waals surface area contributed by atoms with E-state index in [0.717, 1.165) is 6.07 Å². The van der Waals surface area contributed by atoms with Crippen LogP contribution in [0.15, 0.2) is 36.5 Å². The summed E-state index contributed by atoms with van der Waals surface area (Å²) in [4.78, 5) is 21.1. The average molecular weight is 432 g/mol. The summed E-state index contributed by atoms with van der Waals surface area (Å²) in [5.41, 5.74) is 1.34. The Hall–Kier alpha value is -2.77. The number of fused-ring (bicyclic) bond motifs is 1. The molecular weight excluding hydrogens is 419 g/mol. The van der Waals surface area contributed by atoms with Crippen molar-refractivity contribution in [3.63, 3.8) is 0 Å². The molecule has 0 spiro atoms. The fourth-order valence-corrected chi connectivity index (χ4v) is 3.43.